The third-order valence-electron chi connectivity index (χ3n) is 6.03. The fraction of sp³-hybridized carbons (Fsp3) is 0.391. The van der Waals surface area contributed by atoms with Crippen molar-refractivity contribution in [3.63, 3.8) is 0 Å². The van der Waals surface area contributed by atoms with Gasteiger partial charge in [0, 0.05) is 17.8 Å². The van der Waals surface area contributed by atoms with Gasteiger partial charge in [0.25, 0.3) is 0 Å². The maximum absolute atomic E-state index is 13.2. The van der Waals surface area contributed by atoms with Gasteiger partial charge < -0.3 is 14.8 Å². The number of carbonyl (C=O) groups excluding carboxylic acids is 1. The first-order valence-electron chi connectivity index (χ1n) is 9.77. The molecule has 144 valence electrons. The summed E-state index contributed by atoms with van der Waals surface area (Å²) in [7, 11) is 0. The summed E-state index contributed by atoms with van der Waals surface area (Å²) in [5.74, 6) is 1.76. The number of ether oxygens (including phenoxy) is 2. The van der Waals surface area contributed by atoms with Crippen LogP contribution < -0.4 is 14.8 Å². The molecule has 2 aliphatic heterocycles. The number of anilines is 1. The Labute approximate surface area is 164 Å². The van der Waals surface area contributed by atoms with E-state index in [4.69, 9.17) is 9.47 Å². The number of hydrogen-bond acceptors (Lipinski definition) is 4. The number of hydrogen-bond donors (Lipinski definition) is 1. The zero-order valence-corrected chi connectivity index (χ0v) is 16.4. The number of rotatable bonds is 3. The SMILES string of the molecule is CC(C)(C)C1C=Nc2ccc(NC(=O)C3(c4ccc5c(c4)OCO5)CC3)cc21. The van der Waals surface area contributed by atoms with Crippen molar-refractivity contribution < 1.29 is 14.3 Å². The molecule has 1 unspecified atom stereocenters. The van der Waals surface area contributed by atoms with Crippen molar-refractivity contribution in [2.45, 2.75) is 44.9 Å². The van der Waals surface area contributed by atoms with Gasteiger partial charge >= 0.3 is 0 Å². The van der Waals surface area contributed by atoms with Crippen LogP contribution in [0.15, 0.2) is 41.4 Å². The predicted molar refractivity (Wildman–Crippen MR) is 109 cm³/mol. The molecular weight excluding hydrogens is 352 g/mol. The first-order chi connectivity index (χ1) is 13.4. The van der Waals surface area contributed by atoms with E-state index >= 15 is 0 Å². The van der Waals surface area contributed by atoms with Gasteiger partial charge in [0.1, 0.15) is 0 Å². The summed E-state index contributed by atoms with van der Waals surface area (Å²) in [4.78, 5) is 17.7. The lowest BCUT2D eigenvalue weighted by atomic mass is 9.78. The molecule has 2 heterocycles. The van der Waals surface area contributed by atoms with Gasteiger partial charge in [0.05, 0.1) is 11.1 Å². The molecule has 1 fully saturated rings. The summed E-state index contributed by atoms with van der Waals surface area (Å²) in [6.07, 6.45) is 3.71. The lowest BCUT2D eigenvalue weighted by molar-refractivity contribution is -0.118. The van der Waals surface area contributed by atoms with Crippen LogP contribution in [0.5, 0.6) is 11.5 Å². The van der Waals surface area contributed by atoms with Gasteiger partial charge in [0.15, 0.2) is 11.5 Å². The van der Waals surface area contributed by atoms with Crippen LogP contribution in [0.3, 0.4) is 0 Å². The predicted octanol–water partition coefficient (Wildman–Crippen LogP) is 4.93. The third kappa shape index (κ3) is 2.68. The van der Waals surface area contributed by atoms with Crippen LogP contribution in [0, 0.1) is 5.41 Å². The van der Waals surface area contributed by atoms with Crippen molar-refractivity contribution in [1.29, 1.82) is 0 Å². The summed E-state index contributed by atoms with van der Waals surface area (Å²) >= 11 is 0. The summed E-state index contributed by atoms with van der Waals surface area (Å²) in [5.41, 5.74) is 3.61. The minimum atomic E-state index is -0.472. The molecule has 1 atom stereocenters. The van der Waals surface area contributed by atoms with E-state index in [0.29, 0.717) is 0 Å². The summed E-state index contributed by atoms with van der Waals surface area (Å²) in [6.45, 7) is 6.87. The van der Waals surface area contributed by atoms with Crippen LogP contribution >= 0.6 is 0 Å². The second-order valence-corrected chi connectivity index (χ2v) is 9.00. The normalized spacial score (nSPS) is 20.8. The largest absolute Gasteiger partial charge is 0.454 e. The van der Waals surface area contributed by atoms with E-state index in [1.54, 1.807) is 0 Å². The van der Waals surface area contributed by atoms with Crippen LogP contribution in [0.2, 0.25) is 0 Å². The number of carbonyl (C=O) groups is 1. The zero-order chi connectivity index (χ0) is 19.5. The lowest BCUT2D eigenvalue weighted by Crippen LogP contribution is -2.28. The number of amides is 1. The molecule has 28 heavy (non-hydrogen) atoms. The molecule has 1 amide bonds. The van der Waals surface area contributed by atoms with Crippen molar-refractivity contribution in [2.24, 2.45) is 10.4 Å². The summed E-state index contributed by atoms with van der Waals surface area (Å²) < 4.78 is 10.9. The van der Waals surface area contributed by atoms with Crippen LogP contribution in [0.4, 0.5) is 11.4 Å². The van der Waals surface area contributed by atoms with Crippen molar-refractivity contribution in [1.82, 2.24) is 0 Å². The number of nitrogens with zero attached hydrogens (tertiary/aromatic N) is 1. The molecule has 0 bridgehead atoms. The van der Waals surface area contributed by atoms with Crippen molar-refractivity contribution in [3.8, 4) is 11.5 Å². The van der Waals surface area contributed by atoms with Crippen LogP contribution in [-0.4, -0.2) is 18.9 Å². The quantitative estimate of drug-likeness (QED) is 0.826. The second-order valence-electron chi connectivity index (χ2n) is 9.00. The number of aliphatic imine (C=N–C) groups is 1. The van der Waals surface area contributed by atoms with E-state index < -0.39 is 5.41 Å². The van der Waals surface area contributed by atoms with Gasteiger partial charge in [-0.1, -0.05) is 26.8 Å². The molecule has 1 aliphatic carbocycles. The average molecular weight is 376 g/mol. The Kier molecular flexibility index (Phi) is 3.60. The van der Waals surface area contributed by atoms with Gasteiger partial charge in [-0.05, 0) is 59.7 Å². The highest BCUT2D eigenvalue weighted by atomic mass is 16.7. The Morgan fingerprint density at radius 2 is 1.89 bits per heavy atom. The Hall–Kier alpha value is -2.82. The minimum absolute atomic E-state index is 0.0394. The molecule has 0 spiro atoms. The standard InChI is InChI=1S/C23H24N2O3/c1-22(2,3)17-12-24-18-6-5-15(11-16(17)18)25-21(26)23(8-9-23)14-4-7-19-20(10-14)28-13-27-19/h4-7,10-12,17H,8-9,13H2,1-3H3,(H,25,26). The van der Waals surface area contributed by atoms with E-state index in [2.05, 4.69) is 37.1 Å². The lowest BCUT2D eigenvalue weighted by Gasteiger charge is -2.26. The number of benzene rings is 2. The Balaban J connectivity index is 1.39. The number of fused-ring (bicyclic) bond motifs is 2. The van der Waals surface area contributed by atoms with Crippen molar-refractivity contribution in [2.75, 3.05) is 12.1 Å². The summed E-state index contributed by atoms with van der Waals surface area (Å²) in [6, 6.07) is 11.8. The fourth-order valence-electron chi connectivity index (χ4n) is 4.14. The molecule has 0 aromatic heterocycles. The summed E-state index contributed by atoms with van der Waals surface area (Å²) in [5, 5.41) is 3.15. The van der Waals surface area contributed by atoms with E-state index in [0.717, 1.165) is 41.3 Å². The van der Waals surface area contributed by atoms with Gasteiger partial charge in [-0.15, -0.1) is 0 Å². The van der Waals surface area contributed by atoms with Gasteiger partial charge in [-0.25, -0.2) is 0 Å². The third-order valence-corrected chi connectivity index (χ3v) is 6.03. The Morgan fingerprint density at radius 1 is 1.11 bits per heavy atom. The van der Waals surface area contributed by atoms with E-state index in [1.165, 1.54) is 5.56 Å². The van der Waals surface area contributed by atoms with Gasteiger partial charge in [-0.2, -0.15) is 0 Å². The maximum atomic E-state index is 13.2. The Bertz CT molecular complexity index is 999. The van der Waals surface area contributed by atoms with E-state index in [-0.39, 0.29) is 24.0 Å². The smallest absolute Gasteiger partial charge is 0.235 e. The van der Waals surface area contributed by atoms with Crippen LogP contribution in [0.1, 0.15) is 50.7 Å². The van der Waals surface area contributed by atoms with E-state index in [1.807, 2.05) is 36.5 Å². The van der Waals surface area contributed by atoms with Crippen molar-refractivity contribution in [3.05, 3.63) is 47.5 Å². The molecule has 2 aromatic rings. The van der Waals surface area contributed by atoms with Crippen LogP contribution in [-0.2, 0) is 10.2 Å². The molecule has 0 radical (unpaired) electrons. The first kappa shape index (κ1) is 17.3. The Morgan fingerprint density at radius 3 is 2.64 bits per heavy atom. The minimum Gasteiger partial charge on any atom is -0.454 e. The highest BCUT2D eigenvalue weighted by Crippen LogP contribution is 2.51. The highest BCUT2D eigenvalue weighted by molar-refractivity contribution is 6.02. The zero-order valence-electron chi connectivity index (χ0n) is 16.4. The number of nitrogens with one attached hydrogen (secondary N) is 1. The topological polar surface area (TPSA) is 59.9 Å². The van der Waals surface area contributed by atoms with Gasteiger partial charge in [0.2, 0.25) is 12.7 Å². The molecular formula is C23H24N2O3. The molecule has 5 rings (SSSR count). The van der Waals surface area contributed by atoms with Crippen molar-refractivity contribution >= 4 is 23.5 Å². The molecule has 3 aliphatic rings. The highest BCUT2D eigenvalue weighted by Gasteiger charge is 2.51. The second kappa shape index (κ2) is 5.84. The molecule has 1 saturated carbocycles. The van der Waals surface area contributed by atoms with Gasteiger partial charge in [-0.3, -0.25) is 9.79 Å². The maximum Gasteiger partial charge on any atom is 0.235 e. The van der Waals surface area contributed by atoms with E-state index in [9.17, 15) is 4.79 Å². The molecule has 2 aromatic carbocycles. The first-order valence-corrected chi connectivity index (χ1v) is 9.77. The fourth-order valence-corrected chi connectivity index (χ4v) is 4.14. The molecule has 1 N–H and O–H groups in total. The molecule has 0 saturated heterocycles. The average Bonchev–Trinajstić information content (AvgIpc) is 3.14. The molecule has 5 heteroatoms. The molecule has 5 nitrogen and oxygen atoms in total. The van der Waals surface area contributed by atoms with Crippen LogP contribution in [0.25, 0.3) is 0 Å². The monoisotopic (exact) mass is 376 g/mol.